The Kier molecular flexibility index (Phi) is 5.42. The number of hydrogen-bond acceptors (Lipinski definition) is 6. The smallest absolute Gasteiger partial charge is 0.350 e. The van der Waals surface area contributed by atoms with Crippen molar-refractivity contribution in [3.63, 3.8) is 0 Å². The number of sulfonamides is 1. The lowest BCUT2D eigenvalue weighted by Gasteiger charge is -2.30. The summed E-state index contributed by atoms with van der Waals surface area (Å²) in [7, 11) is -4.53. The molecule has 0 aromatic carbocycles. The molecule has 0 radical (unpaired) electrons. The molecule has 1 aliphatic heterocycles. The fourth-order valence-electron chi connectivity index (χ4n) is 2.33. The number of halogens is 2. The number of nitrogens with two attached hydrogens (primary N) is 1. The topological polar surface area (TPSA) is 118 Å². The van der Waals surface area contributed by atoms with Gasteiger partial charge in [-0.15, -0.1) is 0 Å². The first-order chi connectivity index (χ1) is 10.8. The van der Waals surface area contributed by atoms with Crippen molar-refractivity contribution in [3.05, 3.63) is 18.1 Å². The number of hydrogen-bond donors (Lipinski definition) is 2. The van der Waals surface area contributed by atoms with E-state index in [4.69, 9.17) is 5.73 Å². The van der Waals surface area contributed by atoms with Crippen molar-refractivity contribution in [2.45, 2.75) is 18.6 Å². The molecule has 8 nitrogen and oxygen atoms in total. The summed E-state index contributed by atoms with van der Waals surface area (Å²) in [4.78, 5) is 19.5. The molecule has 1 amide bonds. The van der Waals surface area contributed by atoms with Crippen LogP contribution in [0, 0.1) is 5.92 Å². The zero-order valence-corrected chi connectivity index (χ0v) is 13.0. The highest BCUT2D eigenvalue weighted by Gasteiger charge is 2.34. The number of piperidine rings is 1. The average molecular weight is 349 g/mol. The minimum atomic E-state index is -4.53. The van der Waals surface area contributed by atoms with Gasteiger partial charge in [0.25, 0.3) is 15.9 Å². The lowest BCUT2D eigenvalue weighted by atomic mass is 9.98. The number of aromatic nitrogens is 2. The van der Waals surface area contributed by atoms with Gasteiger partial charge in [-0.2, -0.15) is 13.1 Å². The van der Waals surface area contributed by atoms with Crippen molar-refractivity contribution in [1.82, 2.24) is 19.6 Å². The van der Waals surface area contributed by atoms with Crippen LogP contribution in [0.25, 0.3) is 0 Å². The summed E-state index contributed by atoms with van der Waals surface area (Å²) in [6.45, 7) is 0.318. The van der Waals surface area contributed by atoms with Crippen LogP contribution in [0.3, 0.4) is 0 Å². The Morgan fingerprint density at radius 3 is 2.52 bits per heavy atom. The summed E-state index contributed by atoms with van der Waals surface area (Å²) in [5, 5.41) is 2.65. The second kappa shape index (κ2) is 7.13. The highest BCUT2D eigenvalue weighted by Crippen LogP contribution is 2.22. The Bertz CT molecular complexity index is 662. The van der Waals surface area contributed by atoms with Crippen molar-refractivity contribution in [2.75, 3.05) is 25.4 Å². The van der Waals surface area contributed by atoms with E-state index in [1.54, 1.807) is 0 Å². The summed E-state index contributed by atoms with van der Waals surface area (Å²) in [6.07, 6.45) is 3.49. The quantitative estimate of drug-likeness (QED) is 0.776. The fourth-order valence-corrected chi connectivity index (χ4v) is 3.27. The average Bonchev–Trinajstić information content (AvgIpc) is 2.53. The molecule has 128 valence electrons. The maximum Gasteiger partial charge on any atom is 0.350 e. The summed E-state index contributed by atoms with van der Waals surface area (Å²) < 4.78 is 48.4. The number of alkyl halides is 2. The van der Waals surface area contributed by atoms with Gasteiger partial charge in [0.05, 0.1) is 0 Å². The largest absolute Gasteiger partial charge is 0.382 e. The van der Waals surface area contributed by atoms with E-state index in [9.17, 15) is 22.0 Å². The fraction of sp³-hybridized carbons (Fsp3) is 0.583. The molecule has 11 heteroatoms. The lowest BCUT2D eigenvalue weighted by Crippen LogP contribution is -2.43. The van der Waals surface area contributed by atoms with E-state index in [0.717, 1.165) is 4.31 Å². The maximum atomic E-state index is 12.5. The Hall–Kier alpha value is -1.88. The van der Waals surface area contributed by atoms with Crippen LogP contribution >= 0.6 is 0 Å². The Morgan fingerprint density at radius 2 is 1.96 bits per heavy atom. The molecule has 1 aliphatic rings. The van der Waals surface area contributed by atoms with Crippen LogP contribution in [0.4, 0.5) is 14.6 Å². The number of carbonyl (C=O) groups is 1. The molecule has 0 atom stereocenters. The molecule has 0 aliphatic carbocycles. The Labute approximate surface area is 132 Å². The van der Waals surface area contributed by atoms with E-state index in [1.165, 1.54) is 12.4 Å². The van der Waals surface area contributed by atoms with Crippen molar-refractivity contribution >= 4 is 21.7 Å². The molecule has 2 rings (SSSR count). The van der Waals surface area contributed by atoms with Gasteiger partial charge in [0, 0.05) is 32.0 Å². The van der Waals surface area contributed by atoms with Gasteiger partial charge in [-0.25, -0.2) is 18.4 Å². The first-order valence-corrected chi connectivity index (χ1v) is 8.44. The van der Waals surface area contributed by atoms with Crippen LogP contribution < -0.4 is 11.1 Å². The minimum absolute atomic E-state index is 0.000897. The van der Waals surface area contributed by atoms with Crippen LogP contribution in [0.1, 0.15) is 23.3 Å². The first kappa shape index (κ1) is 17.5. The van der Waals surface area contributed by atoms with Crippen LogP contribution in [0.2, 0.25) is 0 Å². The van der Waals surface area contributed by atoms with Gasteiger partial charge in [0.15, 0.2) is 11.5 Å². The highest BCUT2D eigenvalue weighted by molar-refractivity contribution is 7.89. The number of amides is 1. The second-order valence-corrected chi connectivity index (χ2v) is 7.05. The van der Waals surface area contributed by atoms with E-state index in [0.29, 0.717) is 12.8 Å². The van der Waals surface area contributed by atoms with Crippen LogP contribution in [0.15, 0.2) is 12.4 Å². The number of nitrogens with zero attached hydrogens (tertiary/aromatic N) is 3. The summed E-state index contributed by atoms with van der Waals surface area (Å²) in [5.74, 6) is -3.86. The second-order valence-electron chi connectivity index (χ2n) is 5.15. The number of nitrogen functional groups attached to an aromatic ring is 1. The molecule has 0 bridgehead atoms. The van der Waals surface area contributed by atoms with Gasteiger partial charge in [-0.05, 0) is 18.8 Å². The molecule has 0 unspecified atom stereocenters. The highest BCUT2D eigenvalue weighted by atomic mass is 32.2. The zero-order valence-electron chi connectivity index (χ0n) is 12.2. The van der Waals surface area contributed by atoms with Gasteiger partial charge in [-0.1, -0.05) is 0 Å². The minimum Gasteiger partial charge on any atom is -0.382 e. The molecular weight excluding hydrogens is 332 g/mol. The van der Waals surface area contributed by atoms with Gasteiger partial charge >= 0.3 is 5.76 Å². The molecule has 1 aromatic heterocycles. The third kappa shape index (κ3) is 4.10. The number of nitrogens with one attached hydrogen (secondary N) is 1. The monoisotopic (exact) mass is 349 g/mol. The van der Waals surface area contributed by atoms with E-state index in [2.05, 4.69) is 15.3 Å². The normalized spacial score (nSPS) is 17.3. The number of anilines is 1. The Morgan fingerprint density at radius 1 is 1.35 bits per heavy atom. The molecule has 1 fully saturated rings. The van der Waals surface area contributed by atoms with E-state index in [-0.39, 0.29) is 37.1 Å². The summed E-state index contributed by atoms with van der Waals surface area (Å²) >= 11 is 0. The Balaban J connectivity index is 1.84. The van der Waals surface area contributed by atoms with Crippen molar-refractivity contribution < 1.29 is 22.0 Å². The molecule has 1 aromatic rings. The van der Waals surface area contributed by atoms with Gasteiger partial charge in [0.2, 0.25) is 0 Å². The van der Waals surface area contributed by atoms with Crippen molar-refractivity contribution in [3.8, 4) is 0 Å². The first-order valence-electron chi connectivity index (χ1n) is 6.94. The van der Waals surface area contributed by atoms with Gasteiger partial charge < -0.3 is 11.1 Å². The summed E-state index contributed by atoms with van der Waals surface area (Å²) in [6, 6.07) is 0. The standard InChI is InChI=1S/C12H17F2N5O3S/c13-12(14)23(21,22)19-5-1-8(2-6-19)7-18-11(20)9-10(15)17-4-3-16-9/h3-4,8,12H,1-2,5-7H2,(H2,15,17)(H,18,20). The third-order valence-electron chi connectivity index (χ3n) is 3.65. The van der Waals surface area contributed by atoms with E-state index >= 15 is 0 Å². The van der Waals surface area contributed by atoms with E-state index < -0.39 is 21.7 Å². The predicted octanol–water partition coefficient (Wildman–Crippen LogP) is 0.0530. The molecule has 0 saturated carbocycles. The van der Waals surface area contributed by atoms with Crippen molar-refractivity contribution in [1.29, 1.82) is 0 Å². The molecule has 2 heterocycles. The summed E-state index contributed by atoms with van der Waals surface area (Å²) in [5.41, 5.74) is 5.56. The van der Waals surface area contributed by atoms with Crippen LogP contribution in [0.5, 0.6) is 0 Å². The van der Waals surface area contributed by atoms with Crippen molar-refractivity contribution in [2.24, 2.45) is 5.92 Å². The number of rotatable bonds is 5. The molecule has 23 heavy (non-hydrogen) atoms. The predicted molar refractivity (Wildman–Crippen MR) is 78.0 cm³/mol. The molecular formula is C12H17F2N5O3S. The van der Waals surface area contributed by atoms with Crippen LogP contribution in [-0.2, 0) is 10.0 Å². The van der Waals surface area contributed by atoms with E-state index in [1.807, 2.05) is 0 Å². The molecule has 1 saturated heterocycles. The lowest BCUT2D eigenvalue weighted by molar-refractivity contribution is 0.0937. The third-order valence-corrected chi connectivity index (χ3v) is 5.19. The number of carbonyl (C=O) groups excluding carboxylic acids is 1. The van der Waals surface area contributed by atoms with Gasteiger partial charge in [-0.3, -0.25) is 4.79 Å². The van der Waals surface area contributed by atoms with Crippen LogP contribution in [-0.4, -0.2) is 54.0 Å². The maximum absolute atomic E-state index is 12.5. The molecule has 3 N–H and O–H groups in total. The van der Waals surface area contributed by atoms with Gasteiger partial charge in [0.1, 0.15) is 0 Å². The zero-order chi connectivity index (χ0) is 17.0. The SMILES string of the molecule is Nc1nccnc1C(=O)NCC1CCN(S(=O)(=O)C(F)F)CC1. The molecule has 0 spiro atoms.